The SMILES string of the molecule is CSc1nc(N2CC3CCC(C2)N3C(=O)O)c2cnc(Cl)cc2n1. The lowest BCUT2D eigenvalue weighted by atomic mass is 10.2. The summed E-state index contributed by atoms with van der Waals surface area (Å²) in [6.07, 6.45) is 4.60. The van der Waals surface area contributed by atoms with Crippen LogP contribution in [0, 0.1) is 0 Å². The Kier molecular flexibility index (Phi) is 3.88. The molecule has 1 amide bonds. The fraction of sp³-hybridized carbons (Fsp3) is 0.467. The average Bonchev–Trinajstić information content (AvgIpc) is 2.84. The number of aromatic nitrogens is 3. The maximum absolute atomic E-state index is 11.5. The van der Waals surface area contributed by atoms with E-state index in [1.54, 1.807) is 17.2 Å². The number of halogens is 1. The highest BCUT2D eigenvalue weighted by molar-refractivity contribution is 7.98. The standard InChI is InChI=1S/C15H16ClN5O2S/c1-24-14-18-11-4-12(16)17-5-10(11)13(19-14)20-6-8-2-3-9(7-20)21(8)15(22)23/h4-5,8-9H,2-3,6-7H2,1H3,(H,22,23). The van der Waals surface area contributed by atoms with Gasteiger partial charge in [-0.1, -0.05) is 23.4 Å². The van der Waals surface area contributed by atoms with E-state index in [4.69, 9.17) is 11.6 Å². The molecular formula is C15H16ClN5O2S. The monoisotopic (exact) mass is 365 g/mol. The van der Waals surface area contributed by atoms with Crippen molar-refractivity contribution in [2.75, 3.05) is 24.2 Å². The summed E-state index contributed by atoms with van der Waals surface area (Å²) in [7, 11) is 0. The van der Waals surface area contributed by atoms with Gasteiger partial charge < -0.3 is 10.0 Å². The van der Waals surface area contributed by atoms with Crippen LogP contribution in [0.15, 0.2) is 17.4 Å². The van der Waals surface area contributed by atoms with Crippen LogP contribution in [0.5, 0.6) is 0 Å². The number of piperazine rings is 1. The van der Waals surface area contributed by atoms with Gasteiger partial charge in [0.25, 0.3) is 0 Å². The molecule has 4 heterocycles. The maximum Gasteiger partial charge on any atom is 0.407 e. The summed E-state index contributed by atoms with van der Waals surface area (Å²) in [6.45, 7) is 1.29. The van der Waals surface area contributed by atoms with Crippen LogP contribution in [0.1, 0.15) is 12.8 Å². The molecule has 0 spiro atoms. The highest BCUT2D eigenvalue weighted by Crippen LogP contribution is 2.35. The van der Waals surface area contributed by atoms with Gasteiger partial charge >= 0.3 is 6.09 Å². The van der Waals surface area contributed by atoms with Gasteiger partial charge in [0.2, 0.25) is 0 Å². The van der Waals surface area contributed by atoms with Crippen molar-refractivity contribution in [2.45, 2.75) is 30.1 Å². The van der Waals surface area contributed by atoms with Gasteiger partial charge in [-0.05, 0) is 19.1 Å². The quantitative estimate of drug-likeness (QED) is 0.497. The van der Waals surface area contributed by atoms with E-state index in [1.807, 2.05) is 6.26 Å². The van der Waals surface area contributed by atoms with E-state index in [-0.39, 0.29) is 12.1 Å². The van der Waals surface area contributed by atoms with Crippen molar-refractivity contribution in [1.29, 1.82) is 0 Å². The lowest BCUT2D eigenvalue weighted by Crippen LogP contribution is -2.55. The van der Waals surface area contributed by atoms with Gasteiger partial charge in [-0.25, -0.2) is 19.7 Å². The van der Waals surface area contributed by atoms with E-state index in [0.717, 1.165) is 29.6 Å². The molecule has 2 bridgehead atoms. The molecular weight excluding hydrogens is 350 g/mol. The summed E-state index contributed by atoms with van der Waals surface area (Å²) in [6, 6.07) is 1.78. The van der Waals surface area contributed by atoms with Crippen LogP contribution in [-0.4, -0.2) is 62.5 Å². The van der Waals surface area contributed by atoms with E-state index in [0.29, 0.717) is 23.4 Å². The van der Waals surface area contributed by atoms with Gasteiger partial charge in [0.15, 0.2) is 5.16 Å². The molecule has 0 saturated carbocycles. The third-order valence-electron chi connectivity index (χ3n) is 4.69. The number of hydrogen-bond donors (Lipinski definition) is 1. The molecule has 2 saturated heterocycles. The van der Waals surface area contributed by atoms with Crippen molar-refractivity contribution < 1.29 is 9.90 Å². The summed E-state index contributed by atoms with van der Waals surface area (Å²) in [5.41, 5.74) is 0.761. The highest BCUT2D eigenvalue weighted by Gasteiger charge is 2.43. The summed E-state index contributed by atoms with van der Waals surface area (Å²) in [5, 5.41) is 11.3. The van der Waals surface area contributed by atoms with Crippen molar-refractivity contribution in [2.24, 2.45) is 0 Å². The minimum Gasteiger partial charge on any atom is -0.465 e. The van der Waals surface area contributed by atoms with E-state index in [2.05, 4.69) is 19.9 Å². The van der Waals surface area contributed by atoms with E-state index < -0.39 is 6.09 Å². The Bertz CT molecular complexity index is 806. The number of hydrogen-bond acceptors (Lipinski definition) is 6. The largest absolute Gasteiger partial charge is 0.465 e. The van der Waals surface area contributed by atoms with Crippen molar-refractivity contribution in [3.63, 3.8) is 0 Å². The second-order valence-corrected chi connectivity index (χ2v) is 7.20. The third kappa shape index (κ3) is 2.53. The van der Waals surface area contributed by atoms with E-state index in [9.17, 15) is 9.90 Å². The Morgan fingerprint density at radius 1 is 1.33 bits per heavy atom. The molecule has 0 aliphatic carbocycles. The average molecular weight is 366 g/mol. The molecule has 2 aromatic heterocycles. The van der Waals surface area contributed by atoms with Crippen LogP contribution >= 0.6 is 23.4 Å². The van der Waals surface area contributed by atoms with Crippen LogP contribution in [0.4, 0.5) is 10.6 Å². The highest BCUT2D eigenvalue weighted by atomic mass is 35.5. The van der Waals surface area contributed by atoms with Gasteiger partial charge in [0, 0.05) is 25.4 Å². The molecule has 2 unspecified atom stereocenters. The molecule has 7 nitrogen and oxygen atoms in total. The van der Waals surface area contributed by atoms with Gasteiger partial charge in [-0.2, -0.15) is 0 Å². The molecule has 2 aliphatic heterocycles. The molecule has 126 valence electrons. The number of carbonyl (C=O) groups is 1. The minimum absolute atomic E-state index is 0.0178. The molecule has 24 heavy (non-hydrogen) atoms. The lowest BCUT2D eigenvalue weighted by Gasteiger charge is -2.40. The number of fused-ring (bicyclic) bond motifs is 3. The Balaban J connectivity index is 1.76. The maximum atomic E-state index is 11.5. The van der Waals surface area contributed by atoms with Crippen LogP contribution in [0.3, 0.4) is 0 Å². The molecule has 0 radical (unpaired) electrons. The number of thioether (sulfide) groups is 1. The summed E-state index contributed by atoms with van der Waals surface area (Å²) >= 11 is 7.47. The zero-order chi connectivity index (χ0) is 16.8. The Hall–Kier alpha value is -1.80. The predicted molar refractivity (Wildman–Crippen MR) is 93.0 cm³/mol. The molecule has 2 atom stereocenters. The lowest BCUT2D eigenvalue weighted by molar-refractivity contribution is 0.114. The predicted octanol–water partition coefficient (Wildman–Crippen LogP) is 2.73. The second kappa shape index (κ2) is 5.93. The summed E-state index contributed by atoms with van der Waals surface area (Å²) in [5.74, 6) is 0.815. The fourth-order valence-corrected chi connectivity index (χ4v) is 4.20. The zero-order valence-corrected chi connectivity index (χ0v) is 14.6. The summed E-state index contributed by atoms with van der Waals surface area (Å²) < 4.78 is 0. The molecule has 1 N–H and O–H groups in total. The number of rotatable bonds is 2. The first-order chi connectivity index (χ1) is 11.6. The first-order valence-corrected chi connectivity index (χ1v) is 9.30. The fourth-order valence-electron chi connectivity index (χ4n) is 3.68. The first-order valence-electron chi connectivity index (χ1n) is 7.70. The van der Waals surface area contributed by atoms with Gasteiger partial charge in [0.1, 0.15) is 11.0 Å². The topological polar surface area (TPSA) is 82.5 Å². The molecule has 2 fully saturated rings. The molecule has 2 aliphatic rings. The number of nitrogens with zero attached hydrogens (tertiary/aromatic N) is 5. The second-order valence-electron chi connectivity index (χ2n) is 6.04. The Morgan fingerprint density at radius 3 is 2.67 bits per heavy atom. The Morgan fingerprint density at radius 2 is 2.04 bits per heavy atom. The summed E-state index contributed by atoms with van der Waals surface area (Å²) in [4.78, 5) is 28.6. The first kappa shape index (κ1) is 15.7. The van der Waals surface area contributed by atoms with Gasteiger partial charge in [-0.3, -0.25) is 4.90 Å². The van der Waals surface area contributed by atoms with Crippen LogP contribution in [0.25, 0.3) is 10.9 Å². The van der Waals surface area contributed by atoms with Crippen molar-refractivity contribution in [3.8, 4) is 0 Å². The van der Waals surface area contributed by atoms with Crippen molar-refractivity contribution in [3.05, 3.63) is 17.4 Å². The zero-order valence-electron chi connectivity index (χ0n) is 13.0. The third-order valence-corrected chi connectivity index (χ3v) is 5.45. The number of carboxylic acid groups (broad SMARTS) is 1. The van der Waals surface area contributed by atoms with Crippen LogP contribution in [0.2, 0.25) is 5.15 Å². The smallest absolute Gasteiger partial charge is 0.407 e. The molecule has 4 rings (SSSR count). The van der Waals surface area contributed by atoms with Crippen LogP contribution in [-0.2, 0) is 0 Å². The molecule has 2 aromatic rings. The van der Waals surface area contributed by atoms with Gasteiger partial charge in [-0.15, -0.1) is 0 Å². The number of anilines is 1. The van der Waals surface area contributed by atoms with Gasteiger partial charge in [0.05, 0.1) is 23.0 Å². The minimum atomic E-state index is -0.826. The van der Waals surface area contributed by atoms with E-state index >= 15 is 0 Å². The van der Waals surface area contributed by atoms with Crippen molar-refractivity contribution >= 4 is 46.2 Å². The molecule has 9 heteroatoms. The normalized spacial score (nSPS) is 23.1. The number of pyridine rings is 1. The van der Waals surface area contributed by atoms with Crippen molar-refractivity contribution in [1.82, 2.24) is 19.9 Å². The molecule has 0 aromatic carbocycles. The van der Waals surface area contributed by atoms with E-state index in [1.165, 1.54) is 11.8 Å². The number of amides is 1. The van der Waals surface area contributed by atoms with Crippen LogP contribution < -0.4 is 4.90 Å². The Labute approximate surface area is 148 Å².